The molecule has 4 aromatic rings. The lowest BCUT2D eigenvalue weighted by Gasteiger charge is -2.02. The molecule has 0 bridgehead atoms. The van der Waals surface area contributed by atoms with Crippen molar-refractivity contribution < 1.29 is 9.21 Å². The van der Waals surface area contributed by atoms with Gasteiger partial charge in [-0.15, -0.1) is 10.2 Å². The zero-order valence-corrected chi connectivity index (χ0v) is 16.3. The van der Waals surface area contributed by atoms with Crippen LogP contribution in [0.4, 0.5) is 5.82 Å². The Morgan fingerprint density at radius 2 is 1.93 bits per heavy atom. The smallest absolute Gasteiger partial charge is 0.277 e. The van der Waals surface area contributed by atoms with Gasteiger partial charge in [0, 0.05) is 16.2 Å². The van der Waals surface area contributed by atoms with Crippen LogP contribution in [0.15, 0.2) is 74.9 Å². The normalized spacial score (nSPS) is 10.9. The minimum atomic E-state index is -0.194. The van der Waals surface area contributed by atoms with Crippen molar-refractivity contribution in [2.45, 2.75) is 5.22 Å². The Hall–Kier alpha value is -2.71. The monoisotopic (exact) mass is 440 g/mol. The molecule has 1 N–H and O–H groups in total. The average Bonchev–Trinajstić information content (AvgIpc) is 3.17. The van der Waals surface area contributed by atoms with E-state index in [2.05, 4.69) is 36.4 Å². The third kappa shape index (κ3) is 4.35. The van der Waals surface area contributed by atoms with E-state index in [0.717, 1.165) is 20.8 Å². The summed E-state index contributed by atoms with van der Waals surface area (Å²) in [5.41, 5.74) is 0.844. The predicted molar refractivity (Wildman–Crippen MR) is 109 cm³/mol. The Bertz CT molecular complexity index is 1100. The minimum Gasteiger partial charge on any atom is -0.411 e. The van der Waals surface area contributed by atoms with Gasteiger partial charge in [-0.2, -0.15) is 0 Å². The number of aromatic nitrogens is 3. The van der Waals surface area contributed by atoms with Crippen molar-refractivity contribution >= 4 is 50.2 Å². The van der Waals surface area contributed by atoms with Gasteiger partial charge in [0.2, 0.25) is 11.8 Å². The maximum Gasteiger partial charge on any atom is 0.277 e. The Labute approximate surface area is 167 Å². The quantitative estimate of drug-likeness (QED) is 0.449. The van der Waals surface area contributed by atoms with Crippen molar-refractivity contribution in [2.75, 3.05) is 11.1 Å². The van der Waals surface area contributed by atoms with Crippen LogP contribution in [0.5, 0.6) is 0 Å². The molecule has 0 saturated heterocycles. The number of pyridine rings is 1. The molecule has 8 heteroatoms. The Balaban J connectivity index is 1.40. The van der Waals surface area contributed by atoms with E-state index in [1.165, 1.54) is 11.8 Å². The highest BCUT2D eigenvalue weighted by molar-refractivity contribution is 9.10. The minimum absolute atomic E-state index is 0.150. The molecule has 0 atom stereocenters. The van der Waals surface area contributed by atoms with Crippen LogP contribution < -0.4 is 5.32 Å². The Kier molecular flexibility index (Phi) is 5.17. The summed E-state index contributed by atoms with van der Waals surface area (Å²) in [7, 11) is 0. The fourth-order valence-electron chi connectivity index (χ4n) is 2.46. The molecule has 0 aliphatic heterocycles. The van der Waals surface area contributed by atoms with E-state index in [-0.39, 0.29) is 11.7 Å². The lowest BCUT2D eigenvalue weighted by Crippen LogP contribution is -2.14. The van der Waals surface area contributed by atoms with E-state index in [1.54, 1.807) is 12.3 Å². The molecule has 0 spiro atoms. The number of nitrogens with zero attached hydrogens (tertiary/aromatic N) is 3. The van der Waals surface area contributed by atoms with E-state index < -0.39 is 0 Å². The molecule has 0 aliphatic carbocycles. The van der Waals surface area contributed by atoms with Crippen LogP contribution in [0.1, 0.15) is 0 Å². The fourth-order valence-corrected chi connectivity index (χ4v) is 3.26. The lowest BCUT2D eigenvalue weighted by atomic mass is 10.1. The first-order valence-electron chi connectivity index (χ1n) is 8.04. The fraction of sp³-hybridized carbons (Fsp3) is 0.0526. The maximum atomic E-state index is 12.0. The molecule has 2 aromatic heterocycles. The number of halogens is 1. The van der Waals surface area contributed by atoms with Crippen LogP contribution in [-0.4, -0.2) is 26.8 Å². The van der Waals surface area contributed by atoms with Gasteiger partial charge in [0.05, 0.1) is 5.75 Å². The summed E-state index contributed by atoms with van der Waals surface area (Å²) in [6, 6.07) is 17.6. The van der Waals surface area contributed by atoms with Gasteiger partial charge < -0.3 is 9.73 Å². The molecule has 0 radical (unpaired) electrons. The summed E-state index contributed by atoms with van der Waals surface area (Å²) < 4.78 is 6.52. The second kappa shape index (κ2) is 7.89. The molecule has 27 heavy (non-hydrogen) atoms. The van der Waals surface area contributed by atoms with Crippen LogP contribution >= 0.6 is 27.7 Å². The molecule has 134 valence electrons. The molecule has 2 heterocycles. The Morgan fingerprint density at radius 3 is 2.74 bits per heavy atom. The highest BCUT2D eigenvalue weighted by Crippen LogP contribution is 2.26. The Morgan fingerprint density at radius 1 is 1.07 bits per heavy atom. The largest absolute Gasteiger partial charge is 0.411 e. The number of nitrogens with one attached hydrogen (secondary N) is 1. The zero-order chi connectivity index (χ0) is 18.6. The van der Waals surface area contributed by atoms with Crippen LogP contribution in [-0.2, 0) is 4.79 Å². The number of hydrogen-bond acceptors (Lipinski definition) is 6. The van der Waals surface area contributed by atoms with Gasteiger partial charge in [-0.05, 0) is 51.0 Å². The van der Waals surface area contributed by atoms with Gasteiger partial charge in [-0.3, -0.25) is 4.79 Å². The van der Waals surface area contributed by atoms with E-state index in [1.807, 2.05) is 48.5 Å². The first kappa shape index (κ1) is 17.7. The van der Waals surface area contributed by atoms with Gasteiger partial charge in [-0.25, -0.2) is 4.98 Å². The standard InChI is InChI=1S/C19H13BrN4O2S/c20-15-7-8-16(21-10-15)22-17(25)11-27-19-24-23-18(26-19)14-6-5-12-3-1-2-4-13(12)9-14/h1-10H,11H2,(H,21,22,25). The van der Waals surface area contributed by atoms with E-state index in [4.69, 9.17) is 4.42 Å². The summed E-state index contributed by atoms with van der Waals surface area (Å²) in [5, 5.41) is 13.4. The number of thioether (sulfide) groups is 1. The van der Waals surface area contributed by atoms with Gasteiger partial charge in [0.25, 0.3) is 5.22 Å². The highest BCUT2D eigenvalue weighted by atomic mass is 79.9. The number of carbonyl (C=O) groups is 1. The molecule has 0 saturated carbocycles. The number of benzene rings is 2. The zero-order valence-electron chi connectivity index (χ0n) is 13.9. The molecule has 2 aromatic carbocycles. The number of amides is 1. The third-order valence-corrected chi connectivity index (χ3v) is 5.01. The van der Waals surface area contributed by atoms with E-state index >= 15 is 0 Å². The van der Waals surface area contributed by atoms with Crippen molar-refractivity contribution in [3.63, 3.8) is 0 Å². The van der Waals surface area contributed by atoms with Gasteiger partial charge in [0.1, 0.15) is 5.82 Å². The van der Waals surface area contributed by atoms with Crippen LogP contribution in [0.2, 0.25) is 0 Å². The molecule has 0 fully saturated rings. The van der Waals surface area contributed by atoms with Gasteiger partial charge in [0.15, 0.2) is 0 Å². The summed E-state index contributed by atoms with van der Waals surface area (Å²) in [5.74, 6) is 0.876. The maximum absolute atomic E-state index is 12.0. The first-order chi connectivity index (χ1) is 13.2. The number of carbonyl (C=O) groups excluding carboxylic acids is 1. The summed E-state index contributed by atoms with van der Waals surface area (Å²) >= 11 is 4.48. The van der Waals surface area contributed by atoms with E-state index in [9.17, 15) is 4.79 Å². The van der Waals surface area contributed by atoms with Crippen LogP contribution in [0.3, 0.4) is 0 Å². The molecular formula is C19H13BrN4O2S. The SMILES string of the molecule is O=C(CSc1nnc(-c2ccc3ccccc3c2)o1)Nc1ccc(Br)cn1. The second-order valence-corrected chi connectivity index (χ2v) is 7.48. The molecule has 0 aliphatic rings. The summed E-state index contributed by atoms with van der Waals surface area (Å²) in [6.45, 7) is 0. The topological polar surface area (TPSA) is 80.9 Å². The number of fused-ring (bicyclic) bond motifs is 1. The van der Waals surface area contributed by atoms with Crippen molar-refractivity contribution in [3.8, 4) is 11.5 Å². The van der Waals surface area contributed by atoms with Crippen LogP contribution in [0, 0.1) is 0 Å². The molecule has 0 unspecified atom stereocenters. The number of hydrogen-bond donors (Lipinski definition) is 1. The molecule has 6 nitrogen and oxygen atoms in total. The van der Waals surface area contributed by atoms with Crippen LogP contribution in [0.25, 0.3) is 22.2 Å². The first-order valence-corrected chi connectivity index (χ1v) is 9.82. The highest BCUT2D eigenvalue weighted by Gasteiger charge is 2.12. The number of anilines is 1. The lowest BCUT2D eigenvalue weighted by molar-refractivity contribution is -0.113. The molecule has 4 rings (SSSR count). The van der Waals surface area contributed by atoms with E-state index in [0.29, 0.717) is 16.9 Å². The number of rotatable bonds is 5. The summed E-state index contributed by atoms with van der Waals surface area (Å²) in [4.78, 5) is 16.1. The summed E-state index contributed by atoms with van der Waals surface area (Å²) in [6.07, 6.45) is 1.62. The second-order valence-electron chi connectivity index (χ2n) is 5.63. The molecule has 1 amide bonds. The van der Waals surface area contributed by atoms with Crippen molar-refractivity contribution in [2.24, 2.45) is 0 Å². The van der Waals surface area contributed by atoms with Crippen molar-refractivity contribution in [3.05, 3.63) is 65.3 Å². The van der Waals surface area contributed by atoms with Gasteiger partial charge in [-0.1, -0.05) is 42.1 Å². The van der Waals surface area contributed by atoms with Crippen molar-refractivity contribution in [1.29, 1.82) is 0 Å². The third-order valence-electron chi connectivity index (χ3n) is 3.72. The van der Waals surface area contributed by atoms with Gasteiger partial charge >= 0.3 is 0 Å². The predicted octanol–water partition coefficient (Wildman–Crippen LogP) is 4.78. The molecular weight excluding hydrogens is 428 g/mol. The average molecular weight is 441 g/mol. The van der Waals surface area contributed by atoms with Crippen molar-refractivity contribution in [1.82, 2.24) is 15.2 Å².